The smallest absolute Gasteiger partial charge is 0.128 e. The van der Waals surface area contributed by atoms with Gasteiger partial charge in [-0.3, -0.25) is 0 Å². The predicted octanol–water partition coefficient (Wildman–Crippen LogP) is 1.52. The van der Waals surface area contributed by atoms with Gasteiger partial charge in [0.15, 0.2) is 0 Å². The molecular weight excluding hydrogens is 152 g/mol. The molecule has 12 heavy (non-hydrogen) atoms. The number of hydrogen-bond acceptors (Lipinski definition) is 2. The lowest BCUT2D eigenvalue weighted by Crippen LogP contribution is -2.43. The van der Waals surface area contributed by atoms with Crippen molar-refractivity contribution < 1.29 is 9.90 Å². The fourth-order valence-corrected chi connectivity index (χ4v) is 3.01. The minimum absolute atomic E-state index is 0.0408. The fraction of sp³-hybridized carbons (Fsp3) is 0.900. The van der Waals surface area contributed by atoms with Gasteiger partial charge in [0, 0.05) is 0 Å². The van der Waals surface area contributed by atoms with Crippen LogP contribution < -0.4 is 0 Å². The van der Waals surface area contributed by atoms with Crippen molar-refractivity contribution in [3.63, 3.8) is 0 Å². The Balaban J connectivity index is 2.34. The van der Waals surface area contributed by atoms with Gasteiger partial charge in [-0.25, -0.2) is 0 Å². The highest BCUT2D eigenvalue weighted by atomic mass is 16.3. The molecule has 3 unspecified atom stereocenters. The van der Waals surface area contributed by atoms with Gasteiger partial charge in [-0.15, -0.1) is 0 Å². The number of aliphatic hydroxyl groups is 1. The van der Waals surface area contributed by atoms with Crippen molar-refractivity contribution in [2.24, 2.45) is 10.8 Å². The number of carbonyl (C=O) groups excluding carboxylic acids is 1. The Labute approximate surface area is 73.0 Å². The summed E-state index contributed by atoms with van der Waals surface area (Å²) in [5.41, 5.74) is -0.327. The van der Waals surface area contributed by atoms with Crippen molar-refractivity contribution >= 4 is 6.29 Å². The maximum atomic E-state index is 10.9. The number of hydrogen-bond donors (Lipinski definition) is 1. The molecule has 2 aliphatic carbocycles. The van der Waals surface area contributed by atoms with E-state index < -0.39 is 0 Å². The molecule has 2 heteroatoms. The van der Waals surface area contributed by atoms with Crippen LogP contribution in [0.1, 0.15) is 39.0 Å². The zero-order valence-electron chi connectivity index (χ0n) is 7.55. The topological polar surface area (TPSA) is 37.3 Å². The third kappa shape index (κ3) is 0.817. The Hall–Kier alpha value is -0.370. The zero-order chi connectivity index (χ0) is 8.82. The van der Waals surface area contributed by atoms with Gasteiger partial charge >= 0.3 is 0 Å². The maximum Gasteiger partial charge on any atom is 0.128 e. The first kappa shape index (κ1) is 8.24. The lowest BCUT2D eigenvalue weighted by atomic mass is 9.68. The summed E-state index contributed by atoms with van der Waals surface area (Å²) in [6, 6.07) is 0. The van der Waals surface area contributed by atoms with E-state index in [9.17, 15) is 9.90 Å². The highest BCUT2D eigenvalue weighted by Crippen LogP contribution is 2.57. The highest BCUT2D eigenvalue weighted by molar-refractivity contribution is 5.62. The average molecular weight is 168 g/mol. The summed E-state index contributed by atoms with van der Waals surface area (Å²) in [6.07, 6.45) is 5.63. The third-order valence-electron chi connectivity index (χ3n) is 3.99. The molecule has 0 aliphatic heterocycles. The van der Waals surface area contributed by atoms with Crippen LogP contribution in [0.25, 0.3) is 0 Å². The van der Waals surface area contributed by atoms with Crippen molar-refractivity contribution in [3.8, 4) is 0 Å². The standard InChI is InChI=1S/C10H16O2/c1-9-3-2-4-10(7-11,6-5-9)8(9)12/h7-8,12H,2-6H2,1H3. The Morgan fingerprint density at radius 1 is 1.33 bits per heavy atom. The molecule has 2 nitrogen and oxygen atoms in total. The van der Waals surface area contributed by atoms with Crippen molar-refractivity contribution in [2.45, 2.75) is 45.1 Å². The summed E-state index contributed by atoms with van der Waals surface area (Å²) in [6.45, 7) is 2.11. The van der Waals surface area contributed by atoms with Crippen LogP contribution in [-0.2, 0) is 4.79 Å². The first-order valence-corrected chi connectivity index (χ1v) is 4.77. The van der Waals surface area contributed by atoms with Crippen LogP contribution in [-0.4, -0.2) is 17.5 Å². The molecule has 68 valence electrons. The van der Waals surface area contributed by atoms with Crippen LogP contribution in [0.15, 0.2) is 0 Å². The molecule has 2 saturated carbocycles. The zero-order valence-corrected chi connectivity index (χ0v) is 7.55. The van der Waals surface area contributed by atoms with E-state index in [0.717, 1.165) is 38.4 Å². The molecular formula is C10H16O2. The lowest BCUT2D eigenvalue weighted by molar-refractivity contribution is -0.128. The first-order chi connectivity index (χ1) is 5.63. The number of aliphatic hydroxyl groups excluding tert-OH is 1. The Bertz CT molecular complexity index is 214. The SMILES string of the molecule is CC12CCCC(C=O)(CC1)C2O. The molecule has 0 spiro atoms. The highest BCUT2D eigenvalue weighted by Gasteiger charge is 2.56. The van der Waals surface area contributed by atoms with Crippen molar-refractivity contribution in [3.05, 3.63) is 0 Å². The van der Waals surface area contributed by atoms with E-state index >= 15 is 0 Å². The second-order valence-electron chi connectivity index (χ2n) is 4.76. The van der Waals surface area contributed by atoms with Crippen molar-refractivity contribution in [1.82, 2.24) is 0 Å². The second-order valence-corrected chi connectivity index (χ2v) is 4.76. The van der Waals surface area contributed by atoms with Gasteiger partial charge in [0.1, 0.15) is 6.29 Å². The predicted molar refractivity (Wildman–Crippen MR) is 45.7 cm³/mol. The van der Waals surface area contributed by atoms with E-state index in [1.54, 1.807) is 0 Å². The molecule has 2 bridgehead atoms. The largest absolute Gasteiger partial charge is 0.392 e. The number of aldehydes is 1. The molecule has 2 rings (SSSR count). The number of fused-ring (bicyclic) bond motifs is 2. The van der Waals surface area contributed by atoms with Gasteiger partial charge in [-0.1, -0.05) is 13.3 Å². The molecule has 0 heterocycles. The molecule has 0 saturated heterocycles. The van der Waals surface area contributed by atoms with E-state index in [2.05, 4.69) is 6.92 Å². The molecule has 3 atom stereocenters. The van der Waals surface area contributed by atoms with Crippen LogP contribution in [0.2, 0.25) is 0 Å². The summed E-state index contributed by atoms with van der Waals surface area (Å²) in [7, 11) is 0. The minimum atomic E-state index is -0.378. The van der Waals surface area contributed by atoms with Gasteiger partial charge in [0.2, 0.25) is 0 Å². The van der Waals surface area contributed by atoms with E-state index in [0.29, 0.717) is 0 Å². The van der Waals surface area contributed by atoms with Crippen LogP contribution in [0, 0.1) is 10.8 Å². The summed E-state index contributed by atoms with van der Waals surface area (Å²) in [5.74, 6) is 0. The third-order valence-corrected chi connectivity index (χ3v) is 3.99. The van der Waals surface area contributed by atoms with Crippen LogP contribution in [0.4, 0.5) is 0 Å². The molecule has 2 aliphatic rings. The first-order valence-electron chi connectivity index (χ1n) is 4.77. The van der Waals surface area contributed by atoms with Crippen LogP contribution in [0.3, 0.4) is 0 Å². The summed E-state index contributed by atoms with van der Waals surface area (Å²) in [4.78, 5) is 10.9. The summed E-state index contributed by atoms with van der Waals surface area (Å²) in [5, 5.41) is 9.99. The molecule has 1 N–H and O–H groups in total. The van der Waals surface area contributed by atoms with Gasteiger partial charge in [-0.05, 0) is 31.1 Å². The Morgan fingerprint density at radius 2 is 2.08 bits per heavy atom. The van der Waals surface area contributed by atoms with E-state index in [1.807, 2.05) is 0 Å². The monoisotopic (exact) mass is 168 g/mol. The Kier molecular flexibility index (Phi) is 1.59. The number of rotatable bonds is 1. The Morgan fingerprint density at radius 3 is 2.67 bits per heavy atom. The minimum Gasteiger partial charge on any atom is -0.392 e. The lowest BCUT2D eigenvalue weighted by Gasteiger charge is -2.39. The fourth-order valence-electron chi connectivity index (χ4n) is 3.01. The molecule has 0 aromatic carbocycles. The van der Waals surface area contributed by atoms with E-state index in [4.69, 9.17) is 0 Å². The molecule has 0 aromatic rings. The summed E-state index contributed by atoms with van der Waals surface area (Å²) >= 11 is 0. The molecule has 0 radical (unpaired) electrons. The number of carbonyl (C=O) groups is 1. The maximum absolute atomic E-state index is 10.9. The van der Waals surface area contributed by atoms with Gasteiger partial charge in [0.25, 0.3) is 0 Å². The van der Waals surface area contributed by atoms with Gasteiger partial charge in [-0.2, -0.15) is 0 Å². The van der Waals surface area contributed by atoms with E-state index in [-0.39, 0.29) is 16.9 Å². The van der Waals surface area contributed by atoms with Gasteiger partial charge < -0.3 is 9.90 Å². The molecule has 0 amide bonds. The van der Waals surface area contributed by atoms with E-state index in [1.165, 1.54) is 0 Å². The molecule has 2 fully saturated rings. The van der Waals surface area contributed by atoms with Crippen LogP contribution >= 0.6 is 0 Å². The summed E-state index contributed by atoms with van der Waals surface area (Å²) < 4.78 is 0. The van der Waals surface area contributed by atoms with Crippen LogP contribution in [0.5, 0.6) is 0 Å². The van der Waals surface area contributed by atoms with Crippen molar-refractivity contribution in [1.29, 1.82) is 0 Å². The van der Waals surface area contributed by atoms with Crippen molar-refractivity contribution in [2.75, 3.05) is 0 Å². The average Bonchev–Trinajstić information content (AvgIpc) is 2.24. The normalized spacial score (nSPS) is 52.3. The quantitative estimate of drug-likeness (QED) is 0.603. The van der Waals surface area contributed by atoms with Gasteiger partial charge in [0.05, 0.1) is 11.5 Å². The molecule has 0 aromatic heterocycles. The second kappa shape index (κ2) is 2.32.